The SMILES string of the molecule is C=CCC1(c2ccccc2)CCC(O)C(C(C)C(=O)O)C1. The van der Waals surface area contributed by atoms with Gasteiger partial charge in [-0.3, -0.25) is 4.79 Å². The monoisotopic (exact) mass is 288 g/mol. The Morgan fingerprint density at radius 3 is 2.71 bits per heavy atom. The van der Waals surface area contributed by atoms with Gasteiger partial charge in [-0.25, -0.2) is 0 Å². The first-order valence-electron chi connectivity index (χ1n) is 7.57. The molecule has 0 radical (unpaired) electrons. The first-order valence-corrected chi connectivity index (χ1v) is 7.57. The van der Waals surface area contributed by atoms with Crippen LogP contribution < -0.4 is 0 Å². The fourth-order valence-corrected chi connectivity index (χ4v) is 3.65. The van der Waals surface area contributed by atoms with E-state index in [1.807, 2.05) is 24.3 Å². The lowest BCUT2D eigenvalue weighted by molar-refractivity contribution is -0.146. The number of carbonyl (C=O) groups is 1. The van der Waals surface area contributed by atoms with Gasteiger partial charge in [0.2, 0.25) is 0 Å². The normalized spacial score (nSPS) is 30.6. The molecule has 0 spiro atoms. The number of aliphatic hydroxyl groups excluding tert-OH is 1. The molecule has 3 nitrogen and oxygen atoms in total. The molecule has 1 aliphatic carbocycles. The number of carboxylic acid groups (broad SMARTS) is 1. The highest BCUT2D eigenvalue weighted by Gasteiger charge is 2.44. The summed E-state index contributed by atoms with van der Waals surface area (Å²) in [6, 6.07) is 10.2. The highest BCUT2D eigenvalue weighted by atomic mass is 16.4. The van der Waals surface area contributed by atoms with Crippen LogP contribution in [-0.4, -0.2) is 22.3 Å². The summed E-state index contributed by atoms with van der Waals surface area (Å²) in [5, 5.41) is 19.5. The summed E-state index contributed by atoms with van der Waals surface area (Å²) in [7, 11) is 0. The van der Waals surface area contributed by atoms with Gasteiger partial charge in [-0.15, -0.1) is 6.58 Å². The largest absolute Gasteiger partial charge is 0.481 e. The molecule has 0 heterocycles. The number of rotatable bonds is 5. The second-order valence-corrected chi connectivity index (χ2v) is 6.24. The van der Waals surface area contributed by atoms with Crippen molar-refractivity contribution in [3.63, 3.8) is 0 Å². The van der Waals surface area contributed by atoms with Crippen molar-refractivity contribution < 1.29 is 15.0 Å². The predicted molar refractivity (Wildman–Crippen MR) is 83.1 cm³/mol. The minimum absolute atomic E-state index is 0.101. The van der Waals surface area contributed by atoms with E-state index in [4.69, 9.17) is 0 Å². The Hall–Kier alpha value is -1.61. The number of aliphatic hydroxyl groups is 1. The molecule has 4 unspecified atom stereocenters. The van der Waals surface area contributed by atoms with Crippen molar-refractivity contribution in [2.24, 2.45) is 11.8 Å². The van der Waals surface area contributed by atoms with Crippen LogP contribution in [0.5, 0.6) is 0 Å². The maximum absolute atomic E-state index is 11.3. The Labute approximate surface area is 126 Å². The lowest BCUT2D eigenvalue weighted by atomic mass is 9.61. The Kier molecular flexibility index (Phi) is 4.84. The third-order valence-corrected chi connectivity index (χ3v) is 4.99. The van der Waals surface area contributed by atoms with Gasteiger partial charge < -0.3 is 10.2 Å². The van der Waals surface area contributed by atoms with Crippen LogP contribution >= 0.6 is 0 Å². The third kappa shape index (κ3) is 3.18. The molecule has 114 valence electrons. The Balaban J connectivity index is 2.34. The van der Waals surface area contributed by atoms with Gasteiger partial charge >= 0.3 is 5.97 Å². The summed E-state index contributed by atoms with van der Waals surface area (Å²) in [6.45, 7) is 5.57. The molecule has 1 aromatic rings. The zero-order chi connectivity index (χ0) is 15.5. The standard InChI is InChI=1S/C18H24O3/c1-3-10-18(14-7-5-4-6-8-14)11-9-16(19)15(12-18)13(2)17(20)21/h3-8,13,15-16,19H,1,9-12H2,2H3,(H,20,21). The van der Waals surface area contributed by atoms with Gasteiger partial charge in [-0.05, 0) is 42.6 Å². The summed E-state index contributed by atoms with van der Waals surface area (Å²) in [6.07, 6.45) is 4.40. The van der Waals surface area contributed by atoms with Gasteiger partial charge in [0.1, 0.15) is 0 Å². The molecule has 0 bridgehead atoms. The van der Waals surface area contributed by atoms with Crippen molar-refractivity contribution in [3.8, 4) is 0 Å². The lowest BCUT2D eigenvalue weighted by Gasteiger charge is -2.44. The number of aliphatic carboxylic acids is 1. The minimum atomic E-state index is -0.832. The van der Waals surface area contributed by atoms with Gasteiger partial charge in [0.05, 0.1) is 12.0 Å². The topological polar surface area (TPSA) is 57.5 Å². The predicted octanol–water partition coefficient (Wildman–Crippen LogP) is 3.38. The average Bonchev–Trinajstić information content (AvgIpc) is 2.50. The number of hydrogen-bond donors (Lipinski definition) is 2. The zero-order valence-electron chi connectivity index (χ0n) is 12.5. The molecule has 4 atom stereocenters. The first-order chi connectivity index (χ1) is 10.00. The number of benzene rings is 1. The first kappa shape index (κ1) is 15.8. The van der Waals surface area contributed by atoms with E-state index in [1.54, 1.807) is 6.92 Å². The number of allylic oxidation sites excluding steroid dienone is 1. The molecule has 1 saturated carbocycles. The van der Waals surface area contributed by atoms with E-state index < -0.39 is 18.0 Å². The molecule has 2 N–H and O–H groups in total. The highest BCUT2D eigenvalue weighted by molar-refractivity contribution is 5.70. The van der Waals surface area contributed by atoms with E-state index >= 15 is 0 Å². The molecule has 1 fully saturated rings. The third-order valence-electron chi connectivity index (χ3n) is 4.99. The van der Waals surface area contributed by atoms with E-state index in [1.165, 1.54) is 5.56 Å². The second kappa shape index (κ2) is 6.44. The van der Waals surface area contributed by atoms with Crippen molar-refractivity contribution in [2.45, 2.75) is 44.1 Å². The van der Waals surface area contributed by atoms with Crippen LogP contribution in [0.25, 0.3) is 0 Å². The van der Waals surface area contributed by atoms with Crippen molar-refractivity contribution in [1.82, 2.24) is 0 Å². The minimum Gasteiger partial charge on any atom is -0.481 e. The smallest absolute Gasteiger partial charge is 0.306 e. The maximum Gasteiger partial charge on any atom is 0.306 e. The van der Waals surface area contributed by atoms with Gasteiger partial charge in [0.15, 0.2) is 0 Å². The lowest BCUT2D eigenvalue weighted by Crippen LogP contribution is -2.43. The quantitative estimate of drug-likeness (QED) is 0.817. The second-order valence-electron chi connectivity index (χ2n) is 6.24. The van der Waals surface area contributed by atoms with Crippen LogP contribution in [0.3, 0.4) is 0 Å². The highest BCUT2D eigenvalue weighted by Crippen LogP contribution is 2.46. The summed E-state index contributed by atoms with van der Waals surface area (Å²) < 4.78 is 0. The van der Waals surface area contributed by atoms with Crippen LogP contribution in [-0.2, 0) is 10.2 Å². The maximum atomic E-state index is 11.3. The molecule has 21 heavy (non-hydrogen) atoms. The van der Waals surface area contributed by atoms with Crippen molar-refractivity contribution in [3.05, 3.63) is 48.6 Å². The summed E-state index contributed by atoms with van der Waals surface area (Å²) >= 11 is 0. The fraction of sp³-hybridized carbons (Fsp3) is 0.500. The zero-order valence-corrected chi connectivity index (χ0v) is 12.5. The molecular weight excluding hydrogens is 264 g/mol. The van der Waals surface area contributed by atoms with Crippen molar-refractivity contribution in [2.75, 3.05) is 0 Å². The van der Waals surface area contributed by atoms with Crippen LogP contribution in [0, 0.1) is 11.8 Å². The molecule has 0 amide bonds. The van der Waals surface area contributed by atoms with Crippen molar-refractivity contribution >= 4 is 5.97 Å². The molecule has 0 aliphatic heterocycles. The Bertz CT molecular complexity index is 496. The number of hydrogen-bond acceptors (Lipinski definition) is 2. The molecule has 3 heteroatoms. The molecular formula is C18H24O3. The van der Waals surface area contributed by atoms with E-state index in [0.717, 1.165) is 12.8 Å². The van der Waals surface area contributed by atoms with E-state index in [9.17, 15) is 15.0 Å². The summed E-state index contributed by atoms with van der Waals surface area (Å²) in [5.74, 6) is -1.58. The summed E-state index contributed by atoms with van der Waals surface area (Å²) in [5.41, 5.74) is 1.12. The van der Waals surface area contributed by atoms with E-state index in [-0.39, 0.29) is 11.3 Å². The van der Waals surface area contributed by atoms with Gasteiger partial charge in [0.25, 0.3) is 0 Å². The fourth-order valence-electron chi connectivity index (χ4n) is 3.65. The molecule has 0 saturated heterocycles. The van der Waals surface area contributed by atoms with Crippen LogP contribution in [0.1, 0.15) is 38.2 Å². The van der Waals surface area contributed by atoms with E-state index in [0.29, 0.717) is 12.8 Å². The van der Waals surface area contributed by atoms with Crippen LogP contribution in [0.2, 0.25) is 0 Å². The average molecular weight is 288 g/mol. The molecule has 0 aromatic heterocycles. The van der Waals surface area contributed by atoms with Crippen molar-refractivity contribution in [1.29, 1.82) is 0 Å². The van der Waals surface area contributed by atoms with Crippen LogP contribution in [0.15, 0.2) is 43.0 Å². The molecule has 2 rings (SSSR count). The van der Waals surface area contributed by atoms with Gasteiger partial charge in [0, 0.05) is 0 Å². The summed E-state index contributed by atoms with van der Waals surface area (Å²) in [4.78, 5) is 11.3. The van der Waals surface area contributed by atoms with Crippen LogP contribution in [0.4, 0.5) is 0 Å². The van der Waals surface area contributed by atoms with E-state index in [2.05, 4.69) is 18.7 Å². The molecule has 1 aliphatic rings. The molecule has 1 aromatic carbocycles. The Morgan fingerprint density at radius 2 is 2.14 bits per heavy atom. The number of carboxylic acids is 1. The van der Waals surface area contributed by atoms with Gasteiger partial charge in [-0.1, -0.05) is 43.3 Å². The Morgan fingerprint density at radius 1 is 1.48 bits per heavy atom. The van der Waals surface area contributed by atoms with Gasteiger partial charge in [-0.2, -0.15) is 0 Å².